The largest absolute Gasteiger partial charge is 0.448 e. The molecule has 0 saturated heterocycles. The van der Waals surface area contributed by atoms with E-state index in [-0.39, 0.29) is 12.5 Å². The second-order valence-electron chi connectivity index (χ2n) is 6.88. The number of halogens is 1. The molecule has 148 valence electrons. The first-order chi connectivity index (χ1) is 13.5. The number of amides is 2. The topological polar surface area (TPSA) is 58.6 Å². The van der Waals surface area contributed by atoms with Crippen LogP contribution in [0.1, 0.15) is 37.8 Å². The molecule has 0 spiro atoms. The Morgan fingerprint density at radius 3 is 2.54 bits per heavy atom. The van der Waals surface area contributed by atoms with Gasteiger partial charge in [-0.3, -0.25) is 4.79 Å². The molecule has 0 aliphatic carbocycles. The Kier molecular flexibility index (Phi) is 6.39. The molecule has 0 radical (unpaired) electrons. The molecule has 3 rings (SSSR count). The zero-order valence-corrected chi connectivity index (χ0v) is 17.8. The number of nitrogens with zero attached hydrogens (tertiary/aromatic N) is 1. The van der Waals surface area contributed by atoms with Gasteiger partial charge in [-0.25, -0.2) is 4.79 Å². The highest BCUT2D eigenvalue weighted by atomic mass is 79.9. The SMILES string of the molecule is CCC1(CC)C(=O)N(CCOC(=O)NCc2ccccc2)c2cc(Br)ccc21. The Bertz CT molecular complexity index is 850. The summed E-state index contributed by atoms with van der Waals surface area (Å²) >= 11 is 3.49. The van der Waals surface area contributed by atoms with Crippen molar-refractivity contribution in [1.29, 1.82) is 0 Å². The van der Waals surface area contributed by atoms with Crippen molar-refractivity contribution < 1.29 is 14.3 Å². The Hall–Kier alpha value is -2.34. The Balaban J connectivity index is 1.62. The van der Waals surface area contributed by atoms with Gasteiger partial charge in [0.25, 0.3) is 0 Å². The van der Waals surface area contributed by atoms with E-state index in [2.05, 4.69) is 21.2 Å². The van der Waals surface area contributed by atoms with Crippen LogP contribution in [-0.4, -0.2) is 25.2 Å². The van der Waals surface area contributed by atoms with E-state index in [0.29, 0.717) is 13.1 Å². The number of benzene rings is 2. The summed E-state index contributed by atoms with van der Waals surface area (Å²) in [5, 5.41) is 2.73. The van der Waals surface area contributed by atoms with Crippen LogP contribution in [0, 0.1) is 0 Å². The average Bonchev–Trinajstić information content (AvgIpc) is 2.94. The molecule has 0 saturated carbocycles. The van der Waals surface area contributed by atoms with Gasteiger partial charge >= 0.3 is 6.09 Å². The van der Waals surface area contributed by atoms with E-state index in [4.69, 9.17) is 4.74 Å². The summed E-state index contributed by atoms with van der Waals surface area (Å²) < 4.78 is 6.22. The number of ether oxygens (including phenoxy) is 1. The normalized spacial score (nSPS) is 14.7. The van der Waals surface area contributed by atoms with Crippen LogP contribution in [0.5, 0.6) is 0 Å². The van der Waals surface area contributed by atoms with E-state index in [1.807, 2.05) is 62.4 Å². The van der Waals surface area contributed by atoms with Crippen LogP contribution in [0.3, 0.4) is 0 Å². The van der Waals surface area contributed by atoms with Crippen molar-refractivity contribution in [2.75, 3.05) is 18.1 Å². The molecule has 1 aliphatic rings. The van der Waals surface area contributed by atoms with Crippen molar-refractivity contribution in [1.82, 2.24) is 5.32 Å². The molecule has 1 heterocycles. The Labute approximate surface area is 174 Å². The summed E-state index contributed by atoms with van der Waals surface area (Å²) in [6.07, 6.45) is 1.000. The van der Waals surface area contributed by atoms with Gasteiger partial charge in [0.1, 0.15) is 6.61 Å². The minimum absolute atomic E-state index is 0.0823. The fourth-order valence-electron chi connectivity index (χ4n) is 3.82. The molecule has 28 heavy (non-hydrogen) atoms. The van der Waals surface area contributed by atoms with Crippen LogP contribution in [0.15, 0.2) is 53.0 Å². The molecule has 0 bridgehead atoms. The molecule has 5 nitrogen and oxygen atoms in total. The molecule has 2 amide bonds. The first-order valence-electron chi connectivity index (χ1n) is 9.58. The monoisotopic (exact) mass is 444 g/mol. The maximum atomic E-state index is 13.2. The quantitative estimate of drug-likeness (QED) is 0.668. The maximum Gasteiger partial charge on any atom is 0.407 e. The van der Waals surface area contributed by atoms with Crippen molar-refractivity contribution in [3.63, 3.8) is 0 Å². The predicted molar refractivity (Wildman–Crippen MR) is 113 cm³/mol. The van der Waals surface area contributed by atoms with Crippen molar-refractivity contribution in [3.05, 3.63) is 64.1 Å². The van der Waals surface area contributed by atoms with Crippen molar-refractivity contribution in [3.8, 4) is 0 Å². The fourth-order valence-corrected chi connectivity index (χ4v) is 4.17. The van der Waals surface area contributed by atoms with Gasteiger partial charge in [-0.1, -0.05) is 66.2 Å². The van der Waals surface area contributed by atoms with E-state index >= 15 is 0 Å². The zero-order chi connectivity index (χ0) is 20.1. The summed E-state index contributed by atoms with van der Waals surface area (Å²) in [6.45, 7) is 4.98. The van der Waals surface area contributed by atoms with E-state index < -0.39 is 11.5 Å². The first-order valence-corrected chi connectivity index (χ1v) is 10.4. The lowest BCUT2D eigenvalue weighted by atomic mass is 9.77. The molecule has 2 aromatic carbocycles. The molecule has 1 N–H and O–H groups in total. The lowest BCUT2D eigenvalue weighted by molar-refractivity contribution is -0.123. The van der Waals surface area contributed by atoms with Gasteiger partial charge in [-0.15, -0.1) is 0 Å². The highest BCUT2D eigenvalue weighted by molar-refractivity contribution is 9.10. The molecule has 2 aromatic rings. The standard InChI is InChI=1S/C22H25BrN2O3/c1-3-22(4-2)18-11-10-17(23)14-19(18)25(20(22)26)12-13-28-21(27)24-15-16-8-6-5-7-9-16/h5-11,14H,3-4,12-13,15H2,1-2H3,(H,24,27). The minimum Gasteiger partial charge on any atom is -0.448 e. The molecule has 0 aromatic heterocycles. The highest BCUT2D eigenvalue weighted by Gasteiger charge is 2.48. The summed E-state index contributed by atoms with van der Waals surface area (Å²) in [5.74, 6) is 0.0823. The highest BCUT2D eigenvalue weighted by Crippen LogP contribution is 2.46. The number of hydrogen-bond donors (Lipinski definition) is 1. The van der Waals surface area contributed by atoms with Crippen LogP contribution >= 0.6 is 15.9 Å². The lowest BCUT2D eigenvalue weighted by Gasteiger charge is -2.26. The van der Waals surface area contributed by atoms with Gasteiger partial charge in [0, 0.05) is 16.7 Å². The Morgan fingerprint density at radius 1 is 1.14 bits per heavy atom. The molecular formula is C22H25BrN2O3. The molecule has 6 heteroatoms. The van der Waals surface area contributed by atoms with Gasteiger partial charge < -0.3 is 15.0 Å². The number of nitrogens with one attached hydrogen (secondary N) is 1. The molecule has 0 atom stereocenters. The van der Waals surface area contributed by atoms with Crippen LogP contribution in [0.25, 0.3) is 0 Å². The van der Waals surface area contributed by atoms with E-state index in [1.165, 1.54) is 0 Å². The molecule has 0 unspecified atom stereocenters. The third-order valence-corrected chi connectivity index (χ3v) is 5.95. The van der Waals surface area contributed by atoms with Crippen LogP contribution in [0.4, 0.5) is 10.5 Å². The summed E-state index contributed by atoms with van der Waals surface area (Å²) in [5.41, 5.74) is 2.46. The van der Waals surface area contributed by atoms with Gasteiger partial charge in [0.2, 0.25) is 5.91 Å². The van der Waals surface area contributed by atoms with Gasteiger partial charge in [0.15, 0.2) is 0 Å². The molecular weight excluding hydrogens is 420 g/mol. The van der Waals surface area contributed by atoms with Crippen LogP contribution in [0.2, 0.25) is 0 Å². The minimum atomic E-state index is -0.494. The summed E-state index contributed by atoms with van der Waals surface area (Å²) in [6, 6.07) is 15.6. The van der Waals surface area contributed by atoms with Gasteiger partial charge in [0.05, 0.1) is 12.0 Å². The molecule has 0 fully saturated rings. The number of carbonyl (C=O) groups is 2. The third-order valence-electron chi connectivity index (χ3n) is 5.46. The molecule has 1 aliphatic heterocycles. The predicted octanol–water partition coefficient (Wildman–Crippen LogP) is 4.78. The lowest BCUT2D eigenvalue weighted by Crippen LogP contribution is -2.41. The first kappa shape index (κ1) is 20.4. The number of carbonyl (C=O) groups excluding carboxylic acids is 2. The van der Waals surface area contributed by atoms with E-state index in [0.717, 1.165) is 34.1 Å². The van der Waals surface area contributed by atoms with Crippen molar-refractivity contribution in [2.24, 2.45) is 0 Å². The van der Waals surface area contributed by atoms with Crippen molar-refractivity contribution in [2.45, 2.75) is 38.6 Å². The van der Waals surface area contributed by atoms with E-state index in [1.54, 1.807) is 4.90 Å². The Morgan fingerprint density at radius 2 is 1.86 bits per heavy atom. The summed E-state index contributed by atoms with van der Waals surface area (Å²) in [7, 11) is 0. The number of hydrogen-bond acceptors (Lipinski definition) is 3. The van der Waals surface area contributed by atoms with Gasteiger partial charge in [-0.2, -0.15) is 0 Å². The third kappa shape index (κ3) is 3.92. The van der Waals surface area contributed by atoms with Gasteiger partial charge in [-0.05, 0) is 36.1 Å². The van der Waals surface area contributed by atoms with Crippen LogP contribution < -0.4 is 10.2 Å². The average molecular weight is 445 g/mol. The number of rotatable bonds is 7. The van der Waals surface area contributed by atoms with Crippen molar-refractivity contribution >= 4 is 33.6 Å². The van der Waals surface area contributed by atoms with Crippen LogP contribution in [-0.2, 0) is 21.5 Å². The van der Waals surface area contributed by atoms with E-state index in [9.17, 15) is 9.59 Å². The fraction of sp³-hybridized carbons (Fsp3) is 0.364. The second-order valence-corrected chi connectivity index (χ2v) is 7.80. The maximum absolute atomic E-state index is 13.2. The summed E-state index contributed by atoms with van der Waals surface area (Å²) in [4.78, 5) is 26.9. The zero-order valence-electron chi connectivity index (χ0n) is 16.2. The second kappa shape index (κ2) is 8.78. The smallest absolute Gasteiger partial charge is 0.407 e. The number of alkyl carbamates (subject to hydrolysis) is 1. The number of fused-ring (bicyclic) bond motifs is 1. The number of anilines is 1.